The number of hydrogen-bond donors (Lipinski definition) is 0. The molecule has 0 aliphatic rings. The summed E-state index contributed by atoms with van der Waals surface area (Å²) in [6.45, 7) is 5.42. The molecule has 9 heteroatoms. The summed E-state index contributed by atoms with van der Waals surface area (Å²) in [6, 6.07) is 4.90. The van der Waals surface area contributed by atoms with Gasteiger partial charge in [0.2, 0.25) is 0 Å². The Labute approximate surface area is 132 Å². The normalized spacial score (nSPS) is 12.8. The quantitative estimate of drug-likeness (QED) is 0.410. The molecule has 0 heterocycles. The first-order chi connectivity index (χ1) is 10.7. The van der Waals surface area contributed by atoms with Crippen molar-refractivity contribution in [2.75, 3.05) is 12.4 Å². The molecule has 5 nitrogen and oxygen atoms in total. The number of ether oxygens (including phenoxy) is 1. The van der Waals surface area contributed by atoms with Crippen molar-refractivity contribution in [1.82, 2.24) is 0 Å². The third-order valence-electron chi connectivity index (χ3n) is 2.52. The Bertz CT molecular complexity index is 652. The number of benzene rings is 1. The summed E-state index contributed by atoms with van der Waals surface area (Å²) in [4.78, 5) is 0. The van der Waals surface area contributed by atoms with E-state index < -0.39 is 27.8 Å². The minimum absolute atomic E-state index is 0.0439. The first-order valence-corrected chi connectivity index (χ1v) is 8.18. The Morgan fingerprint density at radius 3 is 2.39 bits per heavy atom. The number of allylic oxidation sites excluding steroid dienone is 1. The van der Waals surface area contributed by atoms with Crippen LogP contribution in [0.25, 0.3) is 0 Å². The second-order valence-corrected chi connectivity index (χ2v) is 5.98. The number of hydrogen-bond acceptors (Lipinski definition) is 5. The number of halogens is 3. The Morgan fingerprint density at radius 1 is 1.30 bits per heavy atom. The van der Waals surface area contributed by atoms with Crippen LogP contribution in [0.4, 0.5) is 13.2 Å². The van der Waals surface area contributed by atoms with E-state index in [1.807, 2.05) is 0 Å². The topological polar surface area (TPSA) is 65.0 Å². The van der Waals surface area contributed by atoms with E-state index >= 15 is 0 Å². The summed E-state index contributed by atoms with van der Waals surface area (Å²) >= 11 is 0. The summed E-state index contributed by atoms with van der Waals surface area (Å²) < 4.78 is 71.2. The van der Waals surface area contributed by atoms with E-state index in [1.54, 1.807) is 6.92 Å². The fourth-order valence-corrected chi connectivity index (χ4v) is 2.22. The summed E-state index contributed by atoms with van der Waals surface area (Å²) in [5, 5.41) is 2.79. The smallest absolute Gasteiger partial charge is 0.437 e. The molecule has 128 valence electrons. The maximum absolute atomic E-state index is 13.0. The molecule has 0 aliphatic carbocycles. The van der Waals surface area contributed by atoms with Gasteiger partial charge in [0.15, 0.2) is 5.71 Å². The average molecular weight is 351 g/mol. The molecular weight excluding hydrogens is 335 g/mol. The zero-order chi connectivity index (χ0) is 17.5. The maximum Gasteiger partial charge on any atom is 0.437 e. The molecule has 0 radical (unpaired) electrons. The van der Waals surface area contributed by atoms with Gasteiger partial charge in [-0.1, -0.05) is 11.2 Å². The van der Waals surface area contributed by atoms with E-state index in [0.29, 0.717) is 12.4 Å². The highest BCUT2D eigenvalue weighted by Crippen LogP contribution is 2.24. The number of oxime groups is 1. The molecule has 1 aromatic carbocycles. The van der Waals surface area contributed by atoms with Crippen LogP contribution in [0, 0.1) is 0 Å². The van der Waals surface area contributed by atoms with Gasteiger partial charge in [-0.25, -0.2) is 0 Å². The average Bonchev–Trinajstić information content (AvgIpc) is 2.46. The van der Waals surface area contributed by atoms with Crippen molar-refractivity contribution in [2.24, 2.45) is 5.16 Å². The lowest BCUT2D eigenvalue weighted by Crippen LogP contribution is -2.25. The molecule has 0 amide bonds. The van der Waals surface area contributed by atoms with E-state index in [-0.39, 0.29) is 12.0 Å². The van der Waals surface area contributed by atoms with Crippen molar-refractivity contribution in [3.63, 3.8) is 0 Å². The van der Waals surface area contributed by atoms with Crippen LogP contribution in [0.3, 0.4) is 0 Å². The second kappa shape index (κ2) is 8.00. The van der Waals surface area contributed by atoms with Gasteiger partial charge < -0.3 is 4.74 Å². The van der Waals surface area contributed by atoms with Gasteiger partial charge in [0.05, 0.1) is 12.4 Å². The van der Waals surface area contributed by atoms with Crippen LogP contribution < -0.4 is 4.74 Å². The molecule has 0 unspecified atom stereocenters. The molecule has 0 aromatic heterocycles. The number of rotatable bonds is 8. The van der Waals surface area contributed by atoms with Crippen LogP contribution in [0.1, 0.15) is 18.9 Å². The third-order valence-corrected chi connectivity index (χ3v) is 3.56. The Morgan fingerprint density at radius 2 is 1.91 bits per heavy atom. The summed E-state index contributed by atoms with van der Waals surface area (Å²) in [5.41, 5.74) is -1.78. The largest absolute Gasteiger partial charge is 0.494 e. The maximum atomic E-state index is 13.0. The van der Waals surface area contributed by atoms with E-state index in [0.717, 1.165) is 12.1 Å². The van der Waals surface area contributed by atoms with Crippen molar-refractivity contribution in [3.8, 4) is 5.75 Å². The summed E-state index contributed by atoms with van der Waals surface area (Å²) in [6.07, 6.45) is -3.52. The predicted molar refractivity (Wildman–Crippen MR) is 79.9 cm³/mol. The molecule has 0 N–H and O–H groups in total. The minimum atomic E-state index is -4.87. The van der Waals surface area contributed by atoms with Crippen LogP contribution in [0.15, 0.2) is 42.1 Å². The first-order valence-electron chi connectivity index (χ1n) is 6.60. The van der Waals surface area contributed by atoms with Crippen LogP contribution in [-0.2, 0) is 14.4 Å². The monoisotopic (exact) mass is 351 g/mol. The van der Waals surface area contributed by atoms with Crippen LogP contribution in [-0.4, -0.2) is 32.7 Å². The SMILES string of the molecule is C=CCCS(=O)(=O)ON=C(c1ccc(OCC)cc1)C(F)(F)F. The zero-order valence-corrected chi connectivity index (χ0v) is 13.2. The molecule has 0 bridgehead atoms. The van der Waals surface area contributed by atoms with Gasteiger partial charge in [0, 0.05) is 5.56 Å². The highest BCUT2D eigenvalue weighted by atomic mass is 32.2. The second-order valence-electron chi connectivity index (χ2n) is 4.31. The van der Waals surface area contributed by atoms with Crippen LogP contribution in [0.2, 0.25) is 0 Å². The van der Waals surface area contributed by atoms with Gasteiger partial charge >= 0.3 is 16.3 Å². The zero-order valence-electron chi connectivity index (χ0n) is 12.3. The molecule has 0 saturated carbocycles. The van der Waals surface area contributed by atoms with Gasteiger partial charge in [-0.3, -0.25) is 4.28 Å². The lowest BCUT2D eigenvalue weighted by Gasteiger charge is -2.11. The number of nitrogens with zero attached hydrogens (tertiary/aromatic N) is 1. The Hall–Kier alpha value is -2.03. The predicted octanol–water partition coefficient (Wildman–Crippen LogP) is 3.27. The van der Waals surface area contributed by atoms with Crippen LogP contribution in [0.5, 0.6) is 5.75 Å². The number of alkyl halides is 3. The van der Waals surface area contributed by atoms with Gasteiger partial charge in [0.25, 0.3) is 0 Å². The molecular formula is C14H16F3NO4S. The van der Waals surface area contributed by atoms with Gasteiger partial charge in [0.1, 0.15) is 5.75 Å². The molecule has 0 fully saturated rings. The van der Waals surface area contributed by atoms with E-state index in [4.69, 9.17) is 4.74 Å². The summed E-state index contributed by atoms with van der Waals surface area (Å²) in [5.74, 6) is -0.119. The van der Waals surface area contributed by atoms with Crippen molar-refractivity contribution in [2.45, 2.75) is 19.5 Å². The fraction of sp³-hybridized carbons (Fsp3) is 0.357. The van der Waals surface area contributed by atoms with Crippen molar-refractivity contribution in [3.05, 3.63) is 42.5 Å². The van der Waals surface area contributed by atoms with Gasteiger partial charge in [-0.2, -0.15) is 21.6 Å². The van der Waals surface area contributed by atoms with E-state index in [1.165, 1.54) is 18.2 Å². The lowest BCUT2D eigenvalue weighted by molar-refractivity contribution is -0.0597. The van der Waals surface area contributed by atoms with E-state index in [9.17, 15) is 21.6 Å². The minimum Gasteiger partial charge on any atom is -0.494 e. The van der Waals surface area contributed by atoms with E-state index in [2.05, 4.69) is 16.0 Å². The van der Waals surface area contributed by atoms with Crippen molar-refractivity contribution < 1.29 is 30.6 Å². The fourth-order valence-electron chi connectivity index (χ4n) is 1.50. The van der Waals surface area contributed by atoms with Crippen LogP contribution >= 0.6 is 0 Å². The van der Waals surface area contributed by atoms with Gasteiger partial charge in [-0.05, 0) is 37.6 Å². The molecule has 1 rings (SSSR count). The van der Waals surface area contributed by atoms with Crippen molar-refractivity contribution in [1.29, 1.82) is 0 Å². The first kappa shape index (κ1) is 19.0. The Kier molecular flexibility index (Phi) is 6.62. The molecule has 0 saturated heterocycles. The molecule has 1 aromatic rings. The summed E-state index contributed by atoms with van der Waals surface area (Å²) in [7, 11) is -4.21. The molecule has 23 heavy (non-hydrogen) atoms. The van der Waals surface area contributed by atoms with Gasteiger partial charge in [-0.15, -0.1) is 6.58 Å². The molecule has 0 aliphatic heterocycles. The molecule has 0 atom stereocenters. The highest BCUT2D eigenvalue weighted by Gasteiger charge is 2.38. The third kappa shape index (κ3) is 6.31. The Balaban J connectivity index is 3.05. The standard InChI is InChI=1S/C14H16F3NO4S/c1-3-5-10-23(19,20)22-18-13(14(15,16)17)11-6-8-12(9-7-11)21-4-2/h3,6-9H,1,4-5,10H2,2H3. The molecule has 0 spiro atoms. The van der Waals surface area contributed by atoms with Crippen molar-refractivity contribution >= 4 is 15.8 Å². The lowest BCUT2D eigenvalue weighted by atomic mass is 10.1. The highest BCUT2D eigenvalue weighted by molar-refractivity contribution is 7.86.